The third-order valence-corrected chi connectivity index (χ3v) is 11.4. The number of cyclic esters (lactones) is 2. The maximum atomic E-state index is 14.2. The Hall–Kier alpha value is -5.23. The molecule has 338 valence electrons. The van der Waals surface area contributed by atoms with Crippen LogP contribution in [-0.2, 0) is 49.5 Å². The minimum absolute atomic E-state index is 0.0225. The number of aliphatic hydroxyl groups is 1. The number of aliphatic hydroxyl groups excluding tert-OH is 1. The molecular weight excluding hydrogens is 783 g/mol. The molecule has 15 nitrogen and oxygen atoms in total. The lowest BCUT2D eigenvalue weighted by molar-refractivity contribution is -0.162. The van der Waals surface area contributed by atoms with E-state index < -0.39 is 96.4 Å². The number of amides is 5. The van der Waals surface area contributed by atoms with Crippen molar-refractivity contribution in [3.8, 4) is 12.3 Å². The summed E-state index contributed by atoms with van der Waals surface area (Å²) in [7, 11) is 4.29. The SMILES string of the molecule is C#CCCCC(O)C(C)C1C/C=C(\C)C(=O)OC(CC(C)C)C(=O)NC(C)C(=O)N(C)C(Cc2ccccc2)C(=O)N(C)CC(=O)NC(C(C)CC)C(=O)N(C)C(C)C(=O)O1. The van der Waals surface area contributed by atoms with Gasteiger partial charge in [-0.1, -0.05) is 77.4 Å². The summed E-state index contributed by atoms with van der Waals surface area (Å²) in [6.07, 6.45) is 5.71. The van der Waals surface area contributed by atoms with Crippen LogP contribution >= 0.6 is 0 Å². The van der Waals surface area contributed by atoms with Crippen molar-refractivity contribution in [1.29, 1.82) is 0 Å². The van der Waals surface area contributed by atoms with Crippen LogP contribution in [0.25, 0.3) is 0 Å². The van der Waals surface area contributed by atoms with E-state index in [1.807, 2.05) is 26.8 Å². The predicted molar refractivity (Wildman–Crippen MR) is 231 cm³/mol. The molecule has 0 saturated heterocycles. The van der Waals surface area contributed by atoms with Crippen molar-refractivity contribution >= 4 is 41.5 Å². The van der Waals surface area contributed by atoms with E-state index in [9.17, 15) is 38.7 Å². The Morgan fingerprint density at radius 3 is 2.13 bits per heavy atom. The zero-order valence-electron chi connectivity index (χ0n) is 37.9. The van der Waals surface area contributed by atoms with E-state index in [2.05, 4.69) is 16.6 Å². The number of benzene rings is 1. The van der Waals surface area contributed by atoms with Gasteiger partial charge in [0.05, 0.1) is 12.6 Å². The van der Waals surface area contributed by atoms with Crippen LogP contribution in [-0.4, -0.2) is 131 Å². The van der Waals surface area contributed by atoms with Crippen molar-refractivity contribution in [3.05, 3.63) is 47.5 Å². The van der Waals surface area contributed by atoms with Crippen molar-refractivity contribution in [3.63, 3.8) is 0 Å². The number of unbranched alkanes of at least 4 members (excludes halogenated alkanes) is 1. The third-order valence-electron chi connectivity index (χ3n) is 11.4. The van der Waals surface area contributed by atoms with Crippen LogP contribution in [0.4, 0.5) is 0 Å². The summed E-state index contributed by atoms with van der Waals surface area (Å²) < 4.78 is 11.7. The van der Waals surface area contributed by atoms with E-state index in [1.165, 1.54) is 62.7 Å². The number of hydrogen-bond donors (Lipinski definition) is 3. The first-order valence-electron chi connectivity index (χ1n) is 21.3. The molecule has 0 bridgehead atoms. The van der Waals surface area contributed by atoms with Crippen LogP contribution in [0.2, 0.25) is 0 Å². The van der Waals surface area contributed by atoms with Crippen molar-refractivity contribution in [1.82, 2.24) is 25.3 Å². The standard InChI is InChI=1S/C46H69N5O10/c1-13-15-17-22-36(52)31(7)37-24-23-30(6)45(58)61-38(25-28(3)4)41(54)47-32(8)42(55)51(12)35(26-34-20-18-16-19-21-34)43(56)49(10)27-39(53)48-40(29(5)14-2)44(57)50(11)33(9)46(59)60-37/h1,16,18-21,23,28-29,31-33,35-38,40,52H,14-15,17,22,24-27H2,2-12H3,(H,47,54)(H,48,53)/b30-23+. The van der Waals surface area contributed by atoms with Crippen LogP contribution in [0.15, 0.2) is 42.0 Å². The fourth-order valence-corrected chi connectivity index (χ4v) is 6.85. The Labute approximate surface area is 362 Å². The molecule has 9 atom stereocenters. The topological polar surface area (TPSA) is 192 Å². The number of ether oxygens (including phenoxy) is 2. The first-order valence-corrected chi connectivity index (χ1v) is 21.3. The monoisotopic (exact) mass is 852 g/mol. The number of terminal acetylenes is 1. The lowest BCUT2D eigenvalue weighted by atomic mass is 9.91. The van der Waals surface area contributed by atoms with Crippen molar-refractivity contribution < 1.29 is 48.1 Å². The average Bonchev–Trinajstić information content (AvgIpc) is 3.23. The van der Waals surface area contributed by atoms with E-state index in [-0.39, 0.29) is 36.7 Å². The third kappa shape index (κ3) is 15.6. The molecule has 9 unspecified atom stereocenters. The maximum Gasteiger partial charge on any atom is 0.334 e. The molecule has 0 aromatic heterocycles. The fraction of sp³-hybridized carbons (Fsp3) is 0.630. The highest BCUT2D eigenvalue weighted by Crippen LogP contribution is 2.23. The molecule has 15 heteroatoms. The molecule has 0 saturated carbocycles. The van der Waals surface area contributed by atoms with E-state index in [0.717, 1.165) is 5.56 Å². The quantitative estimate of drug-likeness (QED) is 0.169. The zero-order valence-corrected chi connectivity index (χ0v) is 37.9. The Morgan fingerprint density at radius 2 is 1.54 bits per heavy atom. The van der Waals surface area contributed by atoms with Crippen LogP contribution in [0, 0.1) is 30.1 Å². The summed E-state index contributed by atoms with van der Waals surface area (Å²) in [5.74, 6) is -3.25. The van der Waals surface area contributed by atoms with Gasteiger partial charge in [-0.05, 0) is 57.4 Å². The molecule has 5 amide bonds. The minimum atomic E-state index is -1.29. The lowest BCUT2D eigenvalue weighted by Gasteiger charge is -2.34. The highest BCUT2D eigenvalue weighted by atomic mass is 16.6. The van der Waals surface area contributed by atoms with Crippen LogP contribution in [0.3, 0.4) is 0 Å². The van der Waals surface area contributed by atoms with Gasteiger partial charge in [-0.3, -0.25) is 24.0 Å². The summed E-state index contributed by atoms with van der Waals surface area (Å²) in [6, 6.07) is 4.55. The Kier molecular flexibility index (Phi) is 21.2. The molecule has 1 aliphatic heterocycles. The number of rotatable bonds is 11. The molecule has 0 radical (unpaired) electrons. The van der Waals surface area contributed by atoms with Crippen molar-refractivity contribution in [2.75, 3.05) is 27.7 Å². The van der Waals surface area contributed by atoms with Gasteiger partial charge >= 0.3 is 11.9 Å². The van der Waals surface area contributed by atoms with Gasteiger partial charge in [0.25, 0.3) is 5.91 Å². The van der Waals surface area contributed by atoms with Crippen LogP contribution < -0.4 is 10.6 Å². The molecular formula is C46H69N5O10. The van der Waals surface area contributed by atoms with Crippen molar-refractivity contribution in [2.45, 2.75) is 143 Å². The summed E-state index contributed by atoms with van der Waals surface area (Å²) in [5.41, 5.74) is 0.847. The number of nitrogens with zero attached hydrogens (tertiary/aromatic N) is 3. The molecule has 1 aromatic rings. The molecule has 1 heterocycles. The van der Waals surface area contributed by atoms with Gasteiger partial charge in [0.15, 0.2) is 6.10 Å². The van der Waals surface area contributed by atoms with E-state index in [4.69, 9.17) is 15.9 Å². The molecule has 1 aromatic carbocycles. The van der Waals surface area contributed by atoms with Gasteiger partial charge in [-0.15, -0.1) is 12.3 Å². The molecule has 2 rings (SSSR count). The minimum Gasteiger partial charge on any atom is -0.460 e. The lowest BCUT2D eigenvalue weighted by Crippen LogP contribution is -2.58. The van der Waals surface area contributed by atoms with Crippen LogP contribution in [0.1, 0.15) is 99.5 Å². The summed E-state index contributed by atoms with van der Waals surface area (Å²) in [4.78, 5) is 100. The average molecular weight is 852 g/mol. The number of likely N-dealkylation sites (N-methyl/N-ethyl adjacent to an activating group) is 3. The number of hydrogen-bond acceptors (Lipinski definition) is 10. The second-order valence-electron chi connectivity index (χ2n) is 16.8. The molecule has 1 aliphatic rings. The molecule has 0 spiro atoms. The first kappa shape index (κ1) is 51.9. The number of carbonyl (C=O) groups is 7. The van der Waals surface area contributed by atoms with Gasteiger partial charge < -0.3 is 39.9 Å². The Bertz CT molecular complexity index is 1740. The Morgan fingerprint density at radius 1 is 0.902 bits per heavy atom. The predicted octanol–water partition coefficient (Wildman–Crippen LogP) is 3.42. The van der Waals surface area contributed by atoms with E-state index >= 15 is 0 Å². The highest BCUT2D eigenvalue weighted by molar-refractivity contribution is 5.96. The second kappa shape index (κ2) is 24.9. The van der Waals surface area contributed by atoms with Gasteiger partial charge in [0.1, 0.15) is 30.3 Å². The van der Waals surface area contributed by atoms with E-state index in [1.54, 1.807) is 38.1 Å². The van der Waals surface area contributed by atoms with Gasteiger partial charge in [-0.2, -0.15) is 0 Å². The summed E-state index contributed by atoms with van der Waals surface area (Å²) in [5, 5.41) is 16.5. The molecule has 0 aliphatic carbocycles. The van der Waals surface area contributed by atoms with Crippen LogP contribution in [0.5, 0.6) is 0 Å². The fourth-order valence-electron chi connectivity index (χ4n) is 6.85. The second-order valence-corrected chi connectivity index (χ2v) is 16.8. The largest absolute Gasteiger partial charge is 0.460 e. The molecule has 3 N–H and O–H groups in total. The van der Waals surface area contributed by atoms with E-state index in [0.29, 0.717) is 25.7 Å². The van der Waals surface area contributed by atoms with Crippen molar-refractivity contribution in [2.24, 2.45) is 17.8 Å². The zero-order chi connectivity index (χ0) is 46.1. The smallest absolute Gasteiger partial charge is 0.334 e. The summed E-state index contributed by atoms with van der Waals surface area (Å²) >= 11 is 0. The van der Waals surface area contributed by atoms with Gasteiger partial charge in [0, 0.05) is 51.9 Å². The normalized spacial score (nSPS) is 26.2. The highest BCUT2D eigenvalue weighted by Gasteiger charge is 2.38. The van der Waals surface area contributed by atoms with Gasteiger partial charge in [0.2, 0.25) is 23.6 Å². The van der Waals surface area contributed by atoms with Gasteiger partial charge in [-0.25, -0.2) is 9.59 Å². The molecule has 61 heavy (non-hydrogen) atoms. The maximum absolute atomic E-state index is 14.2. The Balaban J connectivity index is 2.67. The first-order chi connectivity index (χ1) is 28.6. The number of nitrogens with one attached hydrogen (secondary N) is 2. The number of carbonyl (C=O) groups excluding carboxylic acids is 7. The number of esters is 2. The molecule has 0 fully saturated rings. The summed E-state index contributed by atoms with van der Waals surface area (Å²) in [6.45, 7) is 13.0.